The van der Waals surface area contributed by atoms with Crippen LogP contribution in [0.2, 0.25) is 0 Å². The first-order valence-corrected chi connectivity index (χ1v) is 7.62. The largest absolute Gasteiger partial charge is 0.467 e. The third kappa shape index (κ3) is 2.15. The second-order valence-corrected chi connectivity index (χ2v) is 6.34. The van der Waals surface area contributed by atoms with Gasteiger partial charge in [0.1, 0.15) is 11.6 Å². The number of amides is 2. The maximum Gasteiger partial charge on any atom is 0.325 e. The van der Waals surface area contributed by atoms with E-state index in [1.807, 2.05) is 32.0 Å². The first-order chi connectivity index (χ1) is 11.0. The van der Waals surface area contributed by atoms with Gasteiger partial charge in [-0.1, -0.05) is 17.7 Å². The molecule has 2 aliphatic rings. The predicted molar refractivity (Wildman–Crippen MR) is 85.0 cm³/mol. The second kappa shape index (κ2) is 4.72. The number of anilines is 1. The predicted octanol–water partition coefficient (Wildman–Crippen LogP) is 3.90. The highest BCUT2D eigenvalue weighted by Gasteiger charge is 2.49. The van der Waals surface area contributed by atoms with Crippen LogP contribution in [-0.2, 0) is 0 Å². The fourth-order valence-corrected chi connectivity index (χ4v) is 3.48. The van der Waals surface area contributed by atoms with Gasteiger partial charge in [-0.15, -0.1) is 0 Å². The molecule has 2 atom stereocenters. The van der Waals surface area contributed by atoms with Crippen LogP contribution >= 0.6 is 0 Å². The molecule has 118 valence electrons. The maximum atomic E-state index is 13.2. The molecular formula is C18H17FN2O2. The van der Waals surface area contributed by atoms with E-state index < -0.39 is 5.72 Å². The van der Waals surface area contributed by atoms with Crippen molar-refractivity contribution in [3.63, 3.8) is 0 Å². The van der Waals surface area contributed by atoms with E-state index in [1.165, 1.54) is 12.1 Å². The summed E-state index contributed by atoms with van der Waals surface area (Å²) in [5.41, 5.74) is 1.95. The molecule has 2 aromatic rings. The van der Waals surface area contributed by atoms with Gasteiger partial charge in [0.05, 0.1) is 6.04 Å². The molecule has 2 aromatic carbocycles. The second-order valence-electron chi connectivity index (χ2n) is 6.34. The third-order valence-corrected chi connectivity index (χ3v) is 4.51. The third-order valence-electron chi connectivity index (χ3n) is 4.51. The van der Waals surface area contributed by atoms with Gasteiger partial charge in [0.15, 0.2) is 5.72 Å². The minimum Gasteiger partial charge on any atom is -0.467 e. The Labute approximate surface area is 133 Å². The maximum absolute atomic E-state index is 13.2. The van der Waals surface area contributed by atoms with Crippen LogP contribution in [0.1, 0.15) is 30.5 Å². The molecule has 4 rings (SSSR count). The molecule has 23 heavy (non-hydrogen) atoms. The number of rotatable bonds is 1. The number of carbonyl (C=O) groups is 1. The first kappa shape index (κ1) is 14.1. The van der Waals surface area contributed by atoms with Crippen molar-refractivity contribution in [2.45, 2.75) is 32.0 Å². The zero-order valence-corrected chi connectivity index (χ0v) is 13.0. The topological polar surface area (TPSA) is 41.6 Å². The molecule has 4 nitrogen and oxygen atoms in total. The van der Waals surface area contributed by atoms with E-state index in [0.717, 1.165) is 16.9 Å². The van der Waals surface area contributed by atoms with Gasteiger partial charge in [-0.3, -0.25) is 4.90 Å². The van der Waals surface area contributed by atoms with Crippen molar-refractivity contribution < 1.29 is 13.9 Å². The van der Waals surface area contributed by atoms with Crippen LogP contribution in [0.5, 0.6) is 5.75 Å². The van der Waals surface area contributed by atoms with Gasteiger partial charge in [-0.2, -0.15) is 0 Å². The lowest BCUT2D eigenvalue weighted by atomic mass is 9.89. The number of aryl methyl sites for hydroxylation is 1. The number of benzene rings is 2. The van der Waals surface area contributed by atoms with Crippen molar-refractivity contribution in [1.82, 2.24) is 5.32 Å². The van der Waals surface area contributed by atoms with Gasteiger partial charge in [-0.05, 0) is 44.2 Å². The number of nitrogens with one attached hydrogen (secondary N) is 1. The van der Waals surface area contributed by atoms with Crippen LogP contribution in [-0.4, -0.2) is 11.8 Å². The van der Waals surface area contributed by atoms with Crippen LogP contribution in [0.15, 0.2) is 42.5 Å². The van der Waals surface area contributed by atoms with E-state index in [2.05, 4.69) is 5.32 Å². The van der Waals surface area contributed by atoms with E-state index in [4.69, 9.17) is 4.74 Å². The zero-order valence-electron chi connectivity index (χ0n) is 13.0. The summed E-state index contributed by atoms with van der Waals surface area (Å²) in [5.74, 6) is 0.445. The lowest BCUT2D eigenvalue weighted by Crippen LogP contribution is -2.65. The van der Waals surface area contributed by atoms with Crippen LogP contribution in [0.3, 0.4) is 0 Å². The monoisotopic (exact) mass is 312 g/mol. The highest BCUT2D eigenvalue weighted by Crippen LogP contribution is 2.45. The Kier molecular flexibility index (Phi) is 2.88. The van der Waals surface area contributed by atoms with Gasteiger partial charge in [0.25, 0.3) is 0 Å². The Balaban J connectivity index is 1.79. The molecule has 0 saturated carbocycles. The molecule has 2 amide bonds. The molecule has 1 saturated heterocycles. The van der Waals surface area contributed by atoms with Crippen molar-refractivity contribution in [3.05, 3.63) is 59.4 Å². The lowest BCUT2D eigenvalue weighted by molar-refractivity contribution is 0.0378. The van der Waals surface area contributed by atoms with E-state index in [0.29, 0.717) is 12.1 Å². The molecule has 0 radical (unpaired) electrons. The smallest absolute Gasteiger partial charge is 0.325 e. The normalized spacial score (nSPS) is 25.4. The number of halogens is 1. The Morgan fingerprint density at radius 2 is 2.00 bits per heavy atom. The number of fused-ring (bicyclic) bond motifs is 4. The van der Waals surface area contributed by atoms with Crippen molar-refractivity contribution in [1.29, 1.82) is 0 Å². The van der Waals surface area contributed by atoms with E-state index in [1.54, 1.807) is 17.0 Å². The number of hydrogen-bond acceptors (Lipinski definition) is 2. The minimum absolute atomic E-state index is 0.0761. The van der Waals surface area contributed by atoms with E-state index >= 15 is 0 Å². The molecule has 0 aliphatic carbocycles. The van der Waals surface area contributed by atoms with Crippen LogP contribution in [0.4, 0.5) is 14.9 Å². The Hall–Kier alpha value is -2.56. The molecule has 0 unspecified atom stereocenters. The summed E-state index contributed by atoms with van der Waals surface area (Å²) in [4.78, 5) is 14.2. The van der Waals surface area contributed by atoms with Crippen LogP contribution in [0, 0.1) is 12.7 Å². The van der Waals surface area contributed by atoms with Gasteiger partial charge in [-0.25, -0.2) is 9.18 Å². The first-order valence-electron chi connectivity index (χ1n) is 7.62. The molecule has 1 N–H and O–H groups in total. The summed E-state index contributed by atoms with van der Waals surface area (Å²) in [5, 5.41) is 3.03. The molecule has 2 heterocycles. The lowest BCUT2D eigenvalue weighted by Gasteiger charge is -2.50. The van der Waals surface area contributed by atoms with Crippen molar-refractivity contribution in [2.75, 3.05) is 4.90 Å². The van der Waals surface area contributed by atoms with Gasteiger partial charge >= 0.3 is 6.03 Å². The number of carbonyl (C=O) groups excluding carboxylic acids is 1. The summed E-state index contributed by atoms with van der Waals surface area (Å²) in [6.45, 7) is 3.91. The highest BCUT2D eigenvalue weighted by atomic mass is 19.1. The molecule has 1 fully saturated rings. The summed E-state index contributed by atoms with van der Waals surface area (Å²) >= 11 is 0. The van der Waals surface area contributed by atoms with E-state index in [-0.39, 0.29) is 17.9 Å². The van der Waals surface area contributed by atoms with Crippen molar-refractivity contribution in [2.24, 2.45) is 0 Å². The van der Waals surface area contributed by atoms with Gasteiger partial charge in [0, 0.05) is 17.7 Å². The summed E-state index contributed by atoms with van der Waals surface area (Å²) < 4.78 is 19.4. The highest BCUT2D eigenvalue weighted by molar-refractivity contribution is 5.94. The average molecular weight is 312 g/mol. The van der Waals surface area contributed by atoms with E-state index in [9.17, 15) is 9.18 Å². The fraction of sp³-hybridized carbons (Fsp3) is 0.278. The van der Waals surface area contributed by atoms with Crippen LogP contribution in [0.25, 0.3) is 0 Å². The Bertz CT molecular complexity index is 790. The van der Waals surface area contributed by atoms with Gasteiger partial charge in [0.2, 0.25) is 0 Å². The number of urea groups is 1. The van der Waals surface area contributed by atoms with Gasteiger partial charge < -0.3 is 10.1 Å². The number of ether oxygens (including phenoxy) is 1. The zero-order chi connectivity index (χ0) is 16.2. The summed E-state index contributed by atoms with van der Waals surface area (Å²) in [6.07, 6.45) is 0.632. The van der Waals surface area contributed by atoms with Crippen LogP contribution < -0.4 is 15.0 Å². The molecule has 0 spiro atoms. The average Bonchev–Trinajstić information content (AvgIpc) is 2.49. The molecule has 0 aromatic heterocycles. The minimum atomic E-state index is -0.799. The summed E-state index contributed by atoms with van der Waals surface area (Å²) in [7, 11) is 0. The summed E-state index contributed by atoms with van der Waals surface area (Å²) in [6, 6.07) is 11.5. The van der Waals surface area contributed by atoms with Crippen molar-refractivity contribution >= 4 is 11.7 Å². The SMILES string of the molecule is Cc1ccc2c(c1)[C@@H]1C[C@@](C)(O2)N(c2ccc(F)cc2)C(=O)N1. The number of nitrogens with zero attached hydrogens (tertiary/aromatic N) is 1. The Morgan fingerprint density at radius 3 is 2.74 bits per heavy atom. The van der Waals surface area contributed by atoms with Crippen molar-refractivity contribution in [3.8, 4) is 5.75 Å². The molecule has 2 aliphatic heterocycles. The quantitative estimate of drug-likeness (QED) is 0.867. The fourth-order valence-electron chi connectivity index (χ4n) is 3.48. The molecule has 2 bridgehead atoms. The standard InChI is InChI=1S/C18H17FN2O2/c1-11-3-8-16-14(9-11)15-10-18(2,23-16)21(17(22)20-15)13-6-4-12(19)5-7-13/h3-9,15H,10H2,1-2H3,(H,20,22)/t15-,18+/m0/s1. The molecule has 5 heteroatoms. The number of hydrogen-bond donors (Lipinski definition) is 1. The molecular weight excluding hydrogens is 295 g/mol. The Morgan fingerprint density at radius 1 is 1.26 bits per heavy atom.